The van der Waals surface area contributed by atoms with Crippen LogP contribution in [0.5, 0.6) is 5.75 Å². The molecule has 31 heavy (non-hydrogen) atoms. The highest BCUT2D eigenvalue weighted by molar-refractivity contribution is 7.89. The van der Waals surface area contributed by atoms with Gasteiger partial charge in [0.25, 0.3) is 0 Å². The van der Waals surface area contributed by atoms with Gasteiger partial charge in [0, 0.05) is 24.3 Å². The molecule has 2 aromatic carbocycles. The highest BCUT2D eigenvalue weighted by Crippen LogP contribution is 2.23. The van der Waals surface area contributed by atoms with Crippen LogP contribution in [0.15, 0.2) is 53.4 Å². The van der Waals surface area contributed by atoms with E-state index in [1.54, 1.807) is 0 Å². The van der Waals surface area contributed by atoms with Crippen LogP contribution >= 0.6 is 0 Å². The fraction of sp³-hybridized carbons (Fsp3) is 0.222. The fourth-order valence-corrected chi connectivity index (χ4v) is 3.26. The molecule has 9 nitrogen and oxygen atoms in total. The fourth-order valence-electron chi connectivity index (χ4n) is 2.23. The van der Waals surface area contributed by atoms with Gasteiger partial charge in [-0.05, 0) is 48.5 Å². The third-order valence-corrected chi connectivity index (χ3v) is 5.09. The number of sulfonamides is 1. The Labute approximate surface area is 175 Å². The van der Waals surface area contributed by atoms with Gasteiger partial charge in [-0.25, -0.2) is 17.9 Å². The summed E-state index contributed by atoms with van der Waals surface area (Å²) >= 11 is 0. The van der Waals surface area contributed by atoms with Crippen LogP contribution < -0.4 is 20.1 Å². The topological polar surface area (TPSA) is 123 Å². The lowest BCUT2D eigenvalue weighted by Gasteiger charge is -2.10. The Bertz CT molecular complexity index is 1010. The molecule has 0 atom stereocenters. The maximum atomic E-state index is 12.2. The number of hydrogen-bond acceptors (Lipinski definition) is 6. The molecule has 0 aromatic heterocycles. The Balaban J connectivity index is 1.83. The summed E-state index contributed by atoms with van der Waals surface area (Å²) in [5.41, 5.74) is 0.868. The van der Waals surface area contributed by atoms with E-state index in [0.29, 0.717) is 11.4 Å². The first-order valence-electron chi connectivity index (χ1n) is 8.59. The van der Waals surface area contributed by atoms with Crippen molar-refractivity contribution in [1.29, 1.82) is 0 Å². The largest absolute Gasteiger partial charge is 0.573 e. The van der Waals surface area contributed by atoms with Crippen molar-refractivity contribution in [3.05, 3.63) is 48.5 Å². The molecule has 0 unspecified atom stereocenters. The second-order valence-electron chi connectivity index (χ2n) is 5.91. The summed E-state index contributed by atoms with van der Waals surface area (Å²) in [5, 5.41) is 4.99. The van der Waals surface area contributed by atoms with Gasteiger partial charge in [0.1, 0.15) is 5.75 Å². The van der Waals surface area contributed by atoms with Crippen molar-refractivity contribution in [2.75, 3.05) is 24.3 Å². The number of nitrogens with one attached hydrogen (secondary N) is 3. The summed E-state index contributed by atoms with van der Waals surface area (Å²) in [6.45, 7) is -0.239. The Morgan fingerprint density at radius 1 is 0.935 bits per heavy atom. The van der Waals surface area contributed by atoms with E-state index in [9.17, 15) is 31.2 Å². The van der Waals surface area contributed by atoms with Crippen LogP contribution in [-0.4, -0.2) is 40.4 Å². The van der Waals surface area contributed by atoms with Crippen molar-refractivity contribution in [2.24, 2.45) is 0 Å². The predicted molar refractivity (Wildman–Crippen MR) is 104 cm³/mol. The predicted octanol–water partition coefficient (Wildman–Crippen LogP) is 3.07. The van der Waals surface area contributed by atoms with Crippen LogP contribution in [0.25, 0.3) is 0 Å². The number of methoxy groups -OCH3 is 1. The number of halogens is 3. The zero-order valence-corrected chi connectivity index (χ0v) is 16.8. The maximum absolute atomic E-state index is 12.2. The molecule has 0 aliphatic rings. The van der Waals surface area contributed by atoms with E-state index < -0.39 is 34.1 Å². The average Bonchev–Trinajstić information content (AvgIpc) is 2.68. The molecular weight excluding hydrogens is 443 g/mol. The van der Waals surface area contributed by atoms with Crippen molar-refractivity contribution in [3.8, 4) is 5.75 Å². The van der Waals surface area contributed by atoms with E-state index in [-0.39, 0.29) is 17.9 Å². The van der Waals surface area contributed by atoms with Crippen molar-refractivity contribution in [2.45, 2.75) is 17.7 Å². The average molecular weight is 461 g/mol. The zero-order chi connectivity index (χ0) is 23.1. The molecule has 2 rings (SSSR count). The summed E-state index contributed by atoms with van der Waals surface area (Å²) in [7, 11) is -2.81. The monoisotopic (exact) mass is 461 g/mol. The number of rotatable bonds is 8. The number of carbonyl (C=O) groups is 2. The van der Waals surface area contributed by atoms with Gasteiger partial charge in [-0.15, -0.1) is 13.2 Å². The van der Waals surface area contributed by atoms with Crippen molar-refractivity contribution in [3.63, 3.8) is 0 Å². The lowest BCUT2D eigenvalue weighted by atomic mass is 10.2. The molecule has 0 saturated carbocycles. The molecule has 13 heteroatoms. The Morgan fingerprint density at radius 2 is 1.48 bits per heavy atom. The second-order valence-corrected chi connectivity index (χ2v) is 7.68. The molecule has 2 aromatic rings. The molecule has 168 valence electrons. The highest BCUT2D eigenvalue weighted by Gasteiger charge is 2.31. The first-order chi connectivity index (χ1) is 14.5. The van der Waals surface area contributed by atoms with Gasteiger partial charge in [-0.1, -0.05) is 0 Å². The molecule has 0 bridgehead atoms. The van der Waals surface area contributed by atoms with Crippen molar-refractivity contribution >= 4 is 33.4 Å². The van der Waals surface area contributed by atoms with E-state index in [1.807, 2.05) is 0 Å². The van der Waals surface area contributed by atoms with Gasteiger partial charge in [-0.2, -0.15) is 0 Å². The first kappa shape index (κ1) is 24.0. The molecule has 2 amide bonds. The molecule has 0 heterocycles. The molecule has 0 spiro atoms. The number of alkyl halides is 3. The van der Waals surface area contributed by atoms with E-state index in [0.717, 1.165) is 24.3 Å². The standard InChI is InChI=1S/C18H18F3N3O6S/c1-29-17(26)24-13-4-2-12(3-5-13)23-16(25)10-11-22-31(27,28)15-8-6-14(7-9-15)30-18(19,20)21/h2-9,22H,10-11H2,1H3,(H,23,25)(H,24,26). The molecule has 3 N–H and O–H groups in total. The third-order valence-electron chi connectivity index (χ3n) is 3.61. The quantitative estimate of drug-likeness (QED) is 0.555. The summed E-state index contributed by atoms with van der Waals surface area (Å²) < 4.78 is 71.1. The summed E-state index contributed by atoms with van der Waals surface area (Å²) in [6, 6.07) is 9.75. The van der Waals surface area contributed by atoms with Crippen LogP contribution in [0.4, 0.5) is 29.3 Å². The molecule has 0 radical (unpaired) electrons. The van der Waals surface area contributed by atoms with E-state index >= 15 is 0 Å². The summed E-state index contributed by atoms with van der Waals surface area (Å²) in [4.78, 5) is 22.8. The number of carbonyl (C=O) groups excluding carboxylic acids is 2. The summed E-state index contributed by atoms with van der Waals surface area (Å²) in [6.07, 6.45) is -5.73. The Kier molecular flexibility index (Phi) is 7.83. The second kappa shape index (κ2) is 10.1. The minimum atomic E-state index is -4.88. The number of anilines is 2. The molecule has 0 fully saturated rings. The van der Waals surface area contributed by atoms with Gasteiger partial charge in [0.2, 0.25) is 15.9 Å². The maximum Gasteiger partial charge on any atom is 0.573 e. The number of hydrogen-bond donors (Lipinski definition) is 3. The molecule has 0 aliphatic heterocycles. The van der Waals surface area contributed by atoms with Crippen molar-refractivity contribution < 1.29 is 40.7 Å². The molecule has 0 aliphatic carbocycles. The first-order valence-corrected chi connectivity index (χ1v) is 10.1. The van der Waals surface area contributed by atoms with Crippen LogP contribution in [0.3, 0.4) is 0 Å². The van der Waals surface area contributed by atoms with Crippen molar-refractivity contribution in [1.82, 2.24) is 4.72 Å². The SMILES string of the molecule is COC(=O)Nc1ccc(NC(=O)CCNS(=O)(=O)c2ccc(OC(F)(F)F)cc2)cc1. The van der Waals surface area contributed by atoms with Crippen LogP contribution in [0, 0.1) is 0 Å². The Hall–Kier alpha value is -3.32. The number of amides is 2. The van der Waals surface area contributed by atoms with Gasteiger partial charge < -0.3 is 14.8 Å². The lowest BCUT2D eigenvalue weighted by Crippen LogP contribution is -2.27. The van der Waals surface area contributed by atoms with Crippen LogP contribution in [-0.2, 0) is 19.6 Å². The van der Waals surface area contributed by atoms with Gasteiger partial charge in [0.15, 0.2) is 0 Å². The van der Waals surface area contributed by atoms with E-state index in [2.05, 4.69) is 24.8 Å². The van der Waals surface area contributed by atoms with Gasteiger partial charge in [-0.3, -0.25) is 10.1 Å². The molecular formula is C18H18F3N3O6S. The number of benzene rings is 2. The summed E-state index contributed by atoms with van der Waals surface area (Å²) in [5.74, 6) is -1.04. The minimum Gasteiger partial charge on any atom is -0.453 e. The van der Waals surface area contributed by atoms with E-state index in [4.69, 9.17) is 0 Å². The van der Waals surface area contributed by atoms with Crippen LogP contribution in [0.1, 0.15) is 6.42 Å². The van der Waals surface area contributed by atoms with Crippen LogP contribution in [0.2, 0.25) is 0 Å². The number of ether oxygens (including phenoxy) is 2. The Morgan fingerprint density at radius 3 is 2.00 bits per heavy atom. The lowest BCUT2D eigenvalue weighted by molar-refractivity contribution is -0.274. The third kappa shape index (κ3) is 8.14. The minimum absolute atomic E-state index is 0.198. The normalized spacial score (nSPS) is 11.5. The zero-order valence-electron chi connectivity index (χ0n) is 16.0. The molecule has 0 saturated heterocycles. The smallest absolute Gasteiger partial charge is 0.453 e. The van der Waals surface area contributed by atoms with E-state index in [1.165, 1.54) is 31.4 Å². The van der Waals surface area contributed by atoms with Gasteiger partial charge >= 0.3 is 12.5 Å². The van der Waals surface area contributed by atoms with Gasteiger partial charge in [0.05, 0.1) is 12.0 Å². The highest BCUT2D eigenvalue weighted by atomic mass is 32.2.